The van der Waals surface area contributed by atoms with Crippen LogP contribution in [0.2, 0.25) is 0 Å². The van der Waals surface area contributed by atoms with Crippen LogP contribution in [0.15, 0.2) is 36.7 Å². The summed E-state index contributed by atoms with van der Waals surface area (Å²) in [6, 6.07) is 6.18. The molecule has 0 aliphatic heterocycles. The van der Waals surface area contributed by atoms with Gasteiger partial charge in [-0.25, -0.2) is 4.39 Å². The topological polar surface area (TPSA) is 48.1 Å². The van der Waals surface area contributed by atoms with Crippen LogP contribution in [0.1, 0.15) is 18.5 Å². The zero-order valence-electron chi connectivity index (χ0n) is 10.4. The first-order valence-corrected chi connectivity index (χ1v) is 5.66. The van der Waals surface area contributed by atoms with E-state index >= 15 is 0 Å². The second kappa shape index (κ2) is 5.14. The number of methoxy groups -OCH3 is 1. The van der Waals surface area contributed by atoms with Crippen LogP contribution in [0.25, 0.3) is 11.1 Å². The first kappa shape index (κ1) is 12.5. The van der Waals surface area contributed by atoms with Crippen molar-refractivity contribution in [1.82, 2.24) is 4.98 Å². The first-order valence-electron chi connectivity index (χ1n) is 5.66. The average Bonchev–Trinajstić information content (AvgIpc) is 2.39. The summed E-state index contributed by atoms with van der Waals surface area (Å²) in [5.74, 6) is 0.303. The van der Waals surface area contributed by atoms with E-state index in [1.807, 2.05) is 13.0 Å². The van der Waals surface area contributed by atoms with Gasteiger partial charge >= 0.3 is 0 Å². The third-order valence-electron chi connectivity index (χ3n) is 2.76. The maximum Gasteiger partial charge on any atom is 0.126 e. The summed E-state index contributed by atoms with van der Waals surface area (Å²) in [6.07, 6.45) is 3.38. The summed E-state index contributed by atoms with van der Waals surface area (Å²) in [4.78, 5) is 4.13. The van der Waals surface area contributed by atoms with E-state index in [0.29, 0.717) is 11.3 Å². The molecule has 2 rings (SSSR count). The molecule has 2 N–H and O–H groups in total. The molecule has 4 heteroatoms. The van der Waals surface area contributed by atoms with E-state index in [1.54, 1.807) is 25.6 Å². The van der Waals surface area contributed by atoms with E-state index in [4.69, 9.17) is 10.5 Å². The Bertz CT molecular complexity index is 555. The monoisotopic (exact) mass is 246 g/mol. The maximum atomic E-state index is 13.3. The number of pyridine rings is 1. The molecule has 0 amide bonds. The Hall–Kier alpha value is -1.94. The molecule has 1 aromatic carbocycles. The quantitative estimate of drug-likeness (QED) is 0.905. The van der Waals surface area contributed by atoms with E-state index in [-0.39, 0.29) is 11.9 Å². The minimum absolute atomic E-state index is 0.114. The molecule has 94 valence electrons. The van der Waals surface area contributed by atoms with E-state index in [2.05, 4.69) is 4.98 Å². The van der Waals surface area contributed by atoms with Crippen LogP contribution in [-0.2, 0) is 0 Å². The van der Waals surface area contributed by atoms with Gasteiger partial charge in [0.05, 0.1) is 7.11 Å². The minimum atomic E-state index is -0.308. The highest BCUT2D eigenvalue weighted by atomic mass is 19.1. The largest absolute Gasteiger partial charge is 0.496 e. The lowest BCUT2D eigenvalue weighted by molar-refractivity contribution is 0.415. The van der Waals surface area contributed by atoms with Crippen LogP contribution in [-0.4, -0.2) is 12.1 Å². The normalized spacial score (nSPS) is 12.2. The number of benzene rings is 1. The Morgan fingerprint density at radius 2 is 2.06 bits per heavy atom. The number of nitrogens with zero attached hydrogens (tertiary/aromatic N) is 1. The zero-order chi connectivity index (χ0) is 13.1. The Labute approximate surface area is 105 Å². The molecule has 0 aliphatic rings. The van der Waals surface area contributed by atoms with Gasteiger partial charge in [0.1, 0.15) is 11.6 Å². The van der Waals surface area contributed by atoms with Crippen molar-refractivity contribution >= 4 is 0 Å². The molecule has 2 aromatic rings. The van der Waals surface area contributed by atoms with Gasteiger partial charge in [-0.3, -0.25) is 4.98 Å². The molecule has 3 nitrogen and oxygen atoms in total. The highest BCUT2D eigenvalue weighted by Crippen LogP contribution is 2.31. The third kappa shape index (κ3) is 2.49. The molecule has 0 spiro atoms. The van der Waals surface area contributed by atoms with Crippen molar-refractivity contribution in [3.05, 3.63) is 48.0 Å². The Morgan fingerprint density at radius 1 is 1.28 bits per heavy atom. The van der Waals surface area contributed by atoms with Crippen LogP contribution in [0.3, 0.4) is 0 Å². The van der Waals surface area contributed by atoms with E-state index in [9.17, 15) is 4.39 Å². The van der Waals surface area contributed by atoms with Crippen molar-refractivity contribution in [2.24, 2.45) is 5.73 Å². The zero-order valence-corrected chi connectivity index (χ0v) is 10.4. The third-order valence-corrected chi connectivity index (χ3v) is 2.76. The summed E-state index contributed by atoms with van der Waals surface area (Å²) in [5.41, 5.74) is 8.18. The number of halogens is 1. The molecule has 1 unspecified atom stereocenters. The summed E-state index contributed by atoms with van der Waals surface area (Å²) >= 11 is 0. The fourth-order valence-corrected chi connectivity index (χ4v) is 1.76. The van der Waals surface area contributed by atoms with Crippen molar-refractivity contribution < 1.29 is 9.13 Å². The number of hydrogen-bond acceptors (Lipinski definition) is 3. The van der Waals surface area contributed by atoms with Gasteiger partial charge < -0.3 is 10.5 Å². The lowest BCUT2D eigenvalue weighted by Gasteiger charge is -2.11. The summed E-state index contributed by atoms with van der Waals surface area (Å²) < 4.78 is 18.6. The molecule has 0 aliphatic carbocycles. The fraction of sp³-hybridized carbons (Fsp3) is 0.214. The van der Waals surface area contributed by atoms with Crippen molar-refractivity contribution in [1.29, 1.82) is 0 Å². The number of ether oxygens (including phenoxy) is 1. The minimum Gasteiger partial charge on any atom is -0.496 e. The summed E-state index contributed by atoms with van der Waals surface area (Å²) in [6.45, 7) is 1.88. The Balaban J connectivity index is 2.54. The highest BCUT2D eigenvalue weighted by molar-refractivity contribution is 5.70. The van der Waals surface area contributed by atoms with Crippen molar-refractivity contribution in [2.45, 2.75) is 13.0 Å². The molecule has 0 saturated heterocycles. The van der Waals surface area contributed by atoms with Gasteiger partial charge in [-0.05, 0) is 36.8 Å². The van der Waals surface area contributed by atoms with Crippen molar-refractivity contribution in [3.63, 3.8) is 0 Å². The fourth-order valence-electron chi connectivity index (χ4n) is 1.76. The van der Waals surface area contributed by atoms with E-state index in [1.165, 1.54) is 12.1 Å². The number of hydrogen-bond donors (Lipinski definition) is 1. The van der Waals surface area contributed by atoms with Crippen molar-refractivity contribution in [3.8, 4) is 16.9 Å². The van der Waals surface area contributed by atoms with Gasteiger partial charge in [0.2, 0.25) is 0 Å². The van der Waals surface area contributed by atoms with Gasteiger partial charge in [-0.15, -0.1) is 0 Å². The second-order valence-corrected chi connectivity index (χ2v) is 4.14. The molecule has 1 aromatic heterocycles. The van der Waals surface area contributed by atoms with Crippen molar-refractivity contribution in [2.75, 3.05) is 7.11 Å². The smallest absolute Gasteiger partial charge is 0.126 e. The van der Waals surface area contributed by atoms with Gasteiger partial charge in [0.25, 0.3) is 0 Å². The van der Waals surface area contributed by atoms with Gasteiger partial charge in [-0.1, -0.05) is 0 Å². The molecule has 1 atom stereocenters. The molecule has 0 bridgehead atoms. The lowest BCUT2D eigenvalue weighted by Crippen LogP contribution is -2.05. The molecule has 18 heavy (non-hydrogen) atoms. The number of nitrogens with two attached hydrogens (primary N) is 1. The molecule has 0 fully saturated rings. The SMILES string of the molecule is COc1ccc(F)cc1-c1cncc(C(C)N)c1. The van der Waals surface area contributed by atoms with Gasteiger partial charge in [0.15, 0.2) is 0 Å². The van der Waals surface area contributed by atoms with Crippen LogP contribution < -0.4 is 10.5 Å². The molecule has 1 heterocycles. The second-order valence-electron chi connectivity index (χ2n) is 4.14. The molecular formula is C14H15FN2O. The number of rotatable bonds is 3. The highest BCUT2D eigenvalue weighted by Gasteiger charge is 2.09. The van der Waals surface area contributed by atoms with Gasteiger partial charge in [-0.2, -0.15) is 0 Å². The van der Waals surface area contributed by atoms with E-state index < -0.39 is 0 Å². The molecule has 0 radical (unpaired) electrons. The van der Waals surface area contributed by atoms with E-state index in [0.717, 1.165) is 11.1 Å². The predicted molar refractivity (Wildman–Crippen MR) is 68.8 cm³/mol. The Morgan fingerprint density at radius 3 is 2.72 bits per heavy atom. The van der Waals surface area contributed by atoms with Crippen LogP contribution in [0.4, 0.5) is 4.39 Å². The number of aromatic nitrogens is 1. The van der Waals surface area contributed by atoms with Crippen LogP contribution in [0.5, 0.6) is 5.75 Å². The first-order chi connectivity index (χ1) is 8.61. The lowest BCUT2D eigenvalue weighted by atomic mass is 10.0. The van der Waals surface area contributed by atoms with Crippen LogP contribution >= 0.6 is 0 Å². The standard InChI is InChI=1S/C14H15FN2O/c1-9(16)10-5-11(8-17-7-10)13-6-12(15)3-4-14(13)18-2/h3-9H,16H2,1-2H3. The Kier molecular flexibility index (Phi) is 3.58. The molecule has 0 saturated carbocycles. The predicted octanol–water partition coefficient (Wildman–Crippen LogP) is 2.92. The van der Waals surface area contributed by atoms with Gasteiger partial charge in [0, 0.05) is 29.6 Å². The average molecular weight is 246 g/mol. The summed E-state index contributed by atoms with van der Waals surface area (Å²) in [7, 11) is 1.56. The van der Waals surface area contributed by atoms with Crippen LogP contribution in [0, 0.1) is 5.82 Å². The maximum absolute atomic E-state index is 13.3. The summed E-state index contributed by atoms with van der Waals surface area (Å²) in [5, 5.41) is 0. The molecular weight excluding hydrogens is 231 g/mol.